The molecule has 14 heavy (non-hydrogen) atoms. The van der Waals surface area contributed by atoms with E-state index in [1.54, 1.807) is 18.3 Å². The quantitative estimate of drug-likeness (QED) is 0.589. The Kier molecular flexibility index (Phi) is 5.78. The molecule has 1 aromatic heterocycles. The lowest BCUT2D eigenvalue weighted by atomic mass is 10.4. The summed E-state index contributed by atoms with van der Waals surface area (Å²) < 4.78 is 0. The Morgan fingerprint density at radius 1 is 1.43 bits per heavy atom. The molecule has 80 valence electrons. The highest BCUT2D eigenvalue weighted by atomic mass is 32.1. The van der Waals surface area contributed by atoms with E-state index in [-0.39, 0.29) is 6.10 Å². The SMILES string of the molecule is C[C@H](O)CNCCNCc1cccs1. The van der Waals surface area contributed by atoms with E-state index in [0.29, 0.717) is 6.54 Å². The molecule has 1 aromatic rings. The molecule has 1 heterocycles. The fraction of sp³-hybridized carbons (Fsp3) is 0.600. The Labute approximate surface area is 89.2 Å². The van der Waals surface area contributed by atoms with Crippen LogP contribution in [0.4, 0.5) is 0 Å². The van der Waals surface area contributed by atoms with Crippen molar-refractivity contribution in [3.8, 4) is 0 Å². The first-order valence-corrected chi connectivity index (χ1v) is 5.79. The lowest BCUT2D eigenvalue weighted by Gasteiger charge is -2.07. The summed E-state index contributed by atoms with van der Waals surface area (Å²) in [6, 6.07) is 4.19. The summed E-state index contributed by atoms with van der Waals surface area (Å²) in [7, 11) is 0. The molecule has 0 saturated heterocycles. The number of aliphatic hydroxyl groups is 1. The monoisotopic (exact) mass is 214 g/mol. The minimum atomic E-state index is -0.257. The lowest BCUT2D eigenvalue weighted by Crippen LogP contribution is -2.31. The molecule has 0 bridgehead atoms. The molecule has 0 saturated carbocycles. The van der Waals surface area contributed by atoms with Crippen molar-refractivity contribution in [2.24, 2.45) is 0 Å². The van der Waals surface area contributed by atoms with Gasteiger partial charge in [0.1, 0.15) is 0 Å². The van der Waals surface area contributed by atoms with Gasteiger partial charge in [-0.05, 0) is 18.4 Å². The Morgan fingerprint density at radius 2 is 2.21 bits per heavy atom. The van der Waals surface area contributed by atoms with Gasteiger partial charge in [-0.3, -0.25) is 0 Å². The lowest BCUT2D eigenvalue weighted by molar-refractivity contribution is 0.191. The average molecular weight is 214 g/mol. The molecule has 0 radical (unpaired) electrons. The van der Waals surface area contributed by atoms with E-state index in [1.165, 1.54) is 4.88 Å². The summed E-state index contributed by atoms with van der Waals surface area (Å²) in [5, 5.41) is 17.5. The summed E-state index contributed by atoms with van der Waals surface area (Å²) in [5.41, 5.74) is 0. The van der Waals surface area contributed by atoms with Crippen LogP contribution in [0, 0.1) is 0 Å². The number of hydrogen-bond donors (Lipinski definition) is 3. The Morgan fingerprint density at radius 3 is 2.86 bits per heavy atom. The van der Waals surface area contributed by atoms with Gasteiger partial charge in [-0.25, -0.2) is 0 Å². The number of hydrogen-bond acceptors (Lipinski definition) is 4. The van der Waals surface area contributed by atoms with Crippen LogP contribution in [0.5, 0.6) is 0 Å². The second-order valence-corrected chi connectivity index (χ2v) is 4.34. The van der Waals surface area contributed by atoms with Crippen LogP contribution in [0.3, 0.4) is 0 Å². The van der Waals surface area contributed by atoms with E-state index in [9.17, 15) is 0 Å². The highest BCUT2D eigenvalue weighted by Crippen LogP contribution is 2.06. The van der Waals surface area contributed by atoms with Gasteiger partial charge in [-0.1, -0.05) is 6.07 Å². The first kappa shape index (κ1) is 11.7. The zero-order valence-electron chi connectivity index (χ0n) is 8.49. The van der Waals surface area contributed by atoms with Crippen molar-refractivity contribution < 1.29 is 5.11 Å². The summed E-state index contributed by atoms with van der Waals surface area (Å²) in [6.45, 7) is 5.22. The van der Waals surface area contributed by atoms with Gasteiger partial charge in [0.15, 0.2) is 0 Å². The van der Waals surface area contributed by atoms with Crippen LogP contribution in [0.25, 0.3) is 0 Å². The molecular weight excluding hydrogens is 196 g/mol. The van der Waals surface area contributed by atoms with Crippen LogP contribution < -0.4 is 10.6 Å². The highest BCUT2D eigenvalue weighted by molar-refractivity contribution is 7.09. The van der Waals surface area contributed by atoms with Gasteiger partial charge < -0.3 is 15.7 Å². The van der Waals surface area contributed by atoms with Crippen LogP contribution in [-0.4, -0.2) is 30.8 Å². The first-order valence-electron chi connectivity index (χ1n) is 4.91. The van der Waals surface area contributed by atoms with Crippen LogP contribution >= 0.6 is 11.3 Å². The minimum absolute atomic E-state index is 0.257. The maximum atomic E-state index is 8.98. The second kappa shape index (κ2) is 6.95. The molecule has 3 nitrogen and oxygen atoms in total. The molecule has 1 rings (SSSR count). The van der Waals surface area contributed by atoms with Crippen molar-refractivity contribution >= 4 is 11.3 Å². The standard InChI is InChI=1S/C10H18N2OS/c1-9(13)7-11-4-5-12-8-10-3-2-6-14-10/h2-3,6,9,11-13H,4-5,7-8H2,1H3/t9-/m0/s1. The second-order valence-electron chi connectivity index (χ2n) is 3.31. The summed E-state index contributed by atoms with van der Waals surface area (Å²) >= 11 is 1.77. The van der Waals surface area contributed by atoms with Crippen LogP contribution in [0.1, 0.15) is 11.8 Å². The predicted molar refractivity (Wildman–Crippen MR) is 60.6 cm³/mol. The summed E-state index contributed by atoms with van der Waals surface area (Å²) in [6.07, 6.45) is -0.257. The molecule has 0 amide bonds. The third-order valence-corrected chi connectivity index (χ3v) is 2.67. The predicted octanol–water partition coefficient (Wildman–Crippen LogP) is 0.808. The van der Waals surface area contributed by atoms with Gasteiger partial charge in [0.05, 0.1) is 6.10 Å². The number of nitrogens with one attached hydrogen (secondary N) is 2. The fourth-order valence-electron chi connectivity index (χ4n) is 1.11. The number of thiophene rings is 1. The van der Waals surface area contributed by atoms with E-state index in [2.05, 4.69) is 28.1 Å². The number of rotatable bonds is 7. The third-order valence-electron chi connectivity index (χ3n) is 1.80. The molecule has 0 unspecified atom stereocenters. The molecule has 0 aliphatic heterocycles. The zero-order valence-corrected chi connectivity index (χ0v) is 9.31. The zero-order chi connectivity index (χ0) is 10.2. The molecule has 0 spiro atoms. The molecule has 0 fully saturated rings. The van der Waals surface area contributed by atoms with Crippen molar-refractivity contribution in [2.45, 2.75) is 19.6 Å². The number of aliphatic hydroxyl groups excluding tert-OH is 1. The van der Waals surface area contributed by atoms with Gasteiger partial charge in [-0.15, -0.1) is 11.3 Å². The van der Waals surface area contributed by atoms with E-state index in [1.807, 2.05) is 0 Å². The van der Waals surface area contributed by atoms with Crippen LogP contribution in [0.2, 0.25) is 0 Å². The Hall–Kier alpha value is -0.420. The molecule has 0 aliphatic rings. The normalized spacial score (nSPS) is 13.0. The highest BCUT2D eigenvalue weighted by Gasteiger charge is 1.94. The van der Waals surface area contributed by atoms with Gasteiger partial charge >= 0.3 is 0 Å². The van der Waals surface area contributed by atoms with Crippen molar-refractivity contribution in [3.05, 3.63) is 22.4 Å². The topological polar surface area (TPSA) is 44.3 Å². The average Bonchev–Trinajstić information content (AvgIpc) is 2.63. The van der Waals surface area contributed by atoms with Crippen molar-refractivity contribution in [1.82, 2.24) is 10.6 Å². The van der Waals surface area contributed by atoms with Gasteiger partial charge in [0, 0.05) is 31.1 Å². The van der Waals surface area contributed by atoms with E-state index in [4.69, 9.17) is 5.11 Å². The first-order chi connectivity index (χ1) is 6.79. The van der Waals surface area contributed by atoms with Gasteiger partial charge in [0.2, 0.25) is 0 Å². The van der Waals surface area contributed by atoms with Crippen LogP contribution in [0.15, 0.2) is 17.5 Å². The minimum Gasteiger partial charge on any atom is -0.392 e. The van der Waals surface area contributed by atoms with Crippen molar-refractivity contribution in [3.63, 3.8) is 0 Å². The molecule has 0 aromatic carbocycles. The maximum absolute atomic E-state index is 8.98. The molecule has 4 heteroatoms. The van der Waals surface area contributed by atoms with Crippen molar-refractivity contribution in [1.29, 1.82) is 0 Å². The third kappa shape index (κ3) is 5.34. The Balaban J connectivity index is 1.90. The molecular formula is C10H18N2OS. The Bertz CT molecular complexity index is 224. The molecule has 0 aliphatic carbocycles. The van der Waals surface area contributed by atoms with Gasteiger partial charge in [-0.2, -0.15) is 0 Å². The van der Waals surface area contributed by atoms with E-state index in [0.717, 1.165) is 19.6 Å². The van der Waals surface area contributed by atoms with Crippen molar-refractivity contribution in [2.75, 3.05) is 19.6 Å². The molecule has 1 atom stereocenters. The van der Waals surface area contributed by atoms with E-state index >= 15 is 0 Å². The largest absolute Gasteiger partial charge is 0.392 e. The summed E-state index contributed by atoms with van der Waals surface area (Å²) in [5.74, 6) is 0. The van der Waals surface area contributed by atoms with Crippen LogP contribution in [-0.2, 0) is 6.54 Å². The smallest absolute Gasteiger partial charge is 0.0636 e. The van der Waals surface area contributed by atoms with Gasteiger partial charge in [0.25, 0.3) is 0 Å². The maximum Gasteiger partial charge on any atom is 0.0636 e. The van der Waals surface area contributed by atoms with E-state index < -0.39 is 0 Å². The summed E-state index contributed by atoms with van der Waals surface area (Å²) in [4.78, 5) is 1.36. The fourth-order valence-corrected chi connectivity index (χ4v) is 1.79. The molecule has 3 N–H and O–H groups in total.